The highest BCUT2D eigenvalue weighted by atomic mass is 35.5. The summed E-state index contributed by atoms with van der Waals surface area (Å²) in [5, 5.41) is 3.74. The molecule has 3 nitrogen and oxygen atoms in total. The lowest BCUT2D eigenvalue weighted by molar-refractivity contribution is 0.860. The van der Waals surface area contributed by atoms with E-state index in [0.717, 1.165) is 0 Å². The highest BCUT2D eigenvalue weighted by Crippen LogP contribution is 2.16. The van der Waals surface area contributed by atoms with Gasteiger partial charge in [0, 0.05) is 0 Å². The average molecular weight is 234 g/mol. The largest absolute Gasteiger partial charge is 0.348 e. The van der Waals surface area contributed by atoms with Gasteiger partial charge in [-0.3, -0.25) is 0 Å². The van der Waals surface area contributed by atoms with E-state index in [-0.39, 0.29) is 6.04 Å². The monoisotopic (exact) mass is 233 g/mol. The molecule has 0 bridgehead atoms. The van der Waals surface area contributed by atoms with Crippen molar-refractivity contribution in [2.24, 2.45) is 0 Å². The van der Waals surface area contributed by atoms with Gasteiger partial charge >= 0.3 is 0 Å². The molecule has 0 saturated carbocycles. The summed E-state index contributed by atoms with van der Waals surface area (Å²) >= 11 is 5.71. The number of anilines is 1. The van der Waals surface area contributed by atoms with Gasteiger partial charge < -0.3 is 5.32 Å². The van der Waals surface area contributed by atoms with Crippen LogP contribution in [0, 0.1) is 0 Å². The Bertz CT molecular complexity index is 442. The van der Waals surface area contributed by atoms with Gasteiger partial charge in [-0.1, -0.05) is 41.9 Å². The van der Waals surface area contributed by atoms with Crippen LogP contribution in [0.1, 0.15) is 18.5 Å². The first kappa shape index (κ1) is 10.9. The van der Waals surface area contributed by atoms with Crippen molar-refractivity contribution in [2.75, 3.05) is 5.32 Å². The Morgan fingerprint density at radius 3 is 2.38 bits per heavy atom. The van der Waals surface area contributed by atoms with Crippen molar-refractivity contribution < 1.29 is 0 Å². The third-order valence-electron chi connectivity index (χ3n) is 2.27. The lowest BCUT2D eigenvalue weighted by Gasteiger charge is -2.13. The van der Waals surface area contributed by atoms with Crippen molar-refractivity contribution in [1.82, 2.24) is 9.97 Å². The molecular formula is C12H12ClN3. The van der Waals surface area contributed by atoms with Crippen molar-refractivity contribution in [1.29, 1.82) is 0 Å². The maximum absolute atomic E-state index is 5.71. The van der Waals surface area contributed by atoms with E-state index < -0.39 is 0 Å². The van der Waals surface area contributed by atoms with E-state index in [9.17, 15) is 0 Å². The molecule has 2 aromatic rings. The van der Waals surface area contributed by atoms with Gasteiger partial charge in [0.15, 0.2) is 0 Å². The Labute approximate surface area is 99.5 Å². The Morgan fingerprint density at radius 1 is 1.12 bits per heavy atom. The first-order valence-electron chi connectivity index (χ1n) is 5.05. The molecule has 1 N–H and O–H groups in total. The second-order valence-electron chi connectivity index (χ2n) is 3.50. The smallest absolute Gasteiger partial charge is 0.223 e. The van der Waals surface area contributed by atoms with Crippen molar-refractivity contribution in [2.45, 2.75) is 13.0 Å². The number of rotatable bonds is 3. The van der Waals surface area contributed by atoms with Crippen molar-refractivity contribution in [3.8, 4) is 0 Å². The number of nitrogens with zero attached hydrogens (tertiary/aromatic N) is 2. The molecule has 0 saturated heterocycles. The van der Waals surface area contributed by atoms with Gasteiger partial charge in [0.2, 0.25) is 5.95 Å². The van der Waals surface area contributed by atoms with Crippen molar-refractivity contribution in [3.63, 3.8) is 0 Å². The number of aromatic nitrogens is 2. The molecule has 0 fully saturated rings. The summed E-state index contributed by atoms with van der Waals surface area (Å²) < 4.78 is 0. The minimum atomic E-state index is 0.169. The van der Waals surface area contributed by atoms with Crippen LogP contribution in [-0.4, -0.2) is 9.97 Å². The van der Waals surface area contributed by atoms with Crippen molar-refractivity contribution >= 4 is 17.5 Å². The zero-order chi connectivity index (χ0) is 11.4. The number of halogens is 1. The Balaban J connectivity index is 2.08. The number of hydrogen-bond acceptors (Lipinski definition) is 3. The molecule has 82 valence electrons. The molecular weight excluding hydrogens is 222 g/mol. The molecule has 1 unspecified atom stereocenters. The summed E-state index contributed by atoms with van der Waals surface area (Å²) in [6.45, 7) is 2.06. The molecule has 1 aromatic carbocycles. The van der Waals surface area contributed by atoms with E-state index in [2.05, 4.69) is 34.3 Å². The van der Waals surface area contributed by atoms with Crippen LogP contribution in [0.25, 0.3) is 0 Å². The van der Waals surface area contributed by atoms with Crippen LogP contribution in [0.2, 0.25) is 5.02 Å². The van der Waals surface area contributed by atoms with Gasteiger partial charge in [-0.05, 0) is 12.5 Å². The van der Waals surface area contributed by atoms with Gasteiger partial charge in [-0.15, -0.1) is 0 Å². The van der Waals surface area contributed by atoms with Crippen LogP contribution in [-0.2, 0) is 0 Å². The maximum Gasteiger partial charge on any atom is 0.223 e. The van der Waals surface area contributed by atoms with Gasteiger partial charge in [0.1, 0.15) is 0 Å². The second kappa shape index (κ2) is 4.94. The predicted octanol–water partition coefficient (Wildman–Crippen LogP) is 3.30. The zero-order valence-electron chi connectivity index (χ0n) is 8.89. The third-order valence-corrected chi connectivity index (χ3v) is 2.46. The molecule has 0 spiro atoms. The fourth-order valence-corrected chi connectivity index (χ4v) is 1.50. The van der Waals surface area contributed by atoms with E-state index >= 15 is 0 Å². The minimum Gasteiger partial charge on any atom is -0.348 e. The van der Waals surface area contributed by atoms with Gasteiger partial charge in [-0.2, -0.15) is 0 Å². The molecule has 1 aromatic heterocycles. The van der Waals surface area contributed by atoms with Gasteiger partial charge in [-0.25, -0.2) is 9.97 Å². The highest BCUT2D eigenvalue weighted by Gasteiger charge is 2.05. The Kier molecular flexibility index (Phi) is 3.37. The Hall–Kier alpha value is -1.61. The van der Waals surface area contributed by atoms with E-state index in [4.69, 9.17) is 11.6 Å². The average Bonchev–Trinajstić information content (AvgIpc) is 2.33. The molecule has 0 aliphatic heterocycles. The van der Waals surface area contributed by atoms with Crippen LogP contribution in [0.5, 0.6) is 0 Å². The molecule has 1 heterocycles. The summed E-state index contributed by atoms with van der Waals surface area (Å²) in [5.41, 5.74) is 1.20. The second-order valence-corrected chi connectivity index (χ2v) is 3.94. The lowest BCUT2D eigenvalue weighted by atomic mass is 10.1. The lowest BCUT2D eigenvalue weighted by Crippen LogP contribution is -2.08. The zero-order valence-corrected chi connectivity index (χ0v) is 9.65. The molecule has 0 radical (unpaired) electrons. The number of nitrogens with one attached hydrogen (secondary N) is 1. The molecule has 2 rings (SSSR count). The summed E-state index contributed by atoms with van der Waals surface area (Å²) in [6.07, 6.45) is 3.16. The summed E-state index contributed by atoms with van der Waals surface area (Å²) in [5.74, 6) is 0.584. The third kappa shape index (κ3) is 2.70. The molecule has 4 heteroatoms. The normalized spacial score (nSPS) is 12.1. The first-order valence-corrected chi connectivity index (χ1v) is 5.42. The van der Waals surface area contributed by atoms with E-state index in [1.54, 1.807) is 12.4 Å². The number of hydrogen-bond donors (Lipinski definition) is 1. The van der Waals surface area contributed by atoms with E-state index in [0.29, 0.717) is 11.0 Å². The van der Waals surface area contributed by atoms with E-state index in [1.807, 2.05) is 18.2 Å². The van der Waals surface area contributed by atoms with Crippen LogP contribution in [0.4, 0.5) is 5.95 Å². The van der Waals surface area contributed by atoms with E-state index in [1.165, 1.54) is 5.56 Å². The fraction of sp³-hybridized carbons (Fsp3) is 0.167. The summed E-state index contributed by atoms with van der Waals surface area (Å²) in [7, 11) is 0. The summed E-state index contributed by atoms with van der Waals surface area (Å²) in [6, 6.07) is 10.3. The van der Waals surface area contributed by atoms with Crippen LogP contribution in [0.3, 0.4) is 0 Å². The molecule has 16 heavy (non-hydrogen) atoms. The van der Waals surface area contributed by atoms with Crippen LogP contribution >= 0.6 is 11.6 Å². The van der Waals surface area contributed by atoms with Crippen LogP contribution < -0.4 is 5.32 Å². The minimum absolute atomic E-state index is 0.169. The number of benzene rings is 1. The topological polar surface area (TPSA) is 37.8 Å². The van der Waals surface area contributed by atoms with Crippen molar-refractivity contribution in [3.05, 3.63) is 53.3 Å². The quantitative estimate of drug-likeness (QED) is 0.884. The molecule has 0 aliphatic rings. The molecule has 1 atom stereocenters. The SMILES string of the molecule is CC(Nc1ncc(Cl)cn1)c1ccccc1. The van der Waals surface area contributed by atoms with Crippen LogP contribution in [0.15, 0.2) is 42.7 Å². The standard InChI is InChI=1S/C12H12ClN3/c1-9(10-5-3-2-4-6-10)16-12-14-7-11(13)8-15-12/h2-9H,1H3,(H,14,15,16). The fourth-order valence-electron chi connectivity index (χ4n) is 1.41. The Morgan fingerprint density at radius 2 is 1.75 bits per heavy atom. The van der Waals surface area contributed by atoms with Gasteiger partial charge in [0.25, 0.3) is 0 Å². The molecule has 0 aliphatic carbocycles. The van der Waals surface area contributed by atoms with Gasteiger partial charge in [0.05, 0.1) is 23.5 Å². The first-order chi connectivity index (χ1) is 7.75. The summed E-state index contributed by atoms with van der Waals surface area (Å²) in [4.78, 5) is 8.18. The predicted molar refractivity (Wildman–Crippen MR) is 65.5 cm³/mol. The molecule has 0 amide bonds. The maximum atomic E-state index is 5.71. The highest BCUT2D eigenvalue weighted by molar-refractivity contribution is 6.30.